The average molecular weight is 454 g/mol. The van der Waals surface area contributed by atoms with E-state index in [1.165, 1.54) is 0 Å². The Morgan fingerprint density at radius 1 is 1.15 bits per heavy atom. The van der Waals surface area contributed by atoms with Gasteiger partial charge in [-0.25, -0.2) is 0 Å². The molecule has 0 bridgehead atoms. The zero-order chi connectivity index (χ0) is 18.9. The Labute approximate surface area is 174 Å². The zero-order valence-corrected chi connectivity index (χ0v) is 17.8. The molecule has 0 saturated carbocycles. The third-order valence-electron chi connectivity index (χ3n) is 4.55. The van der Waals surface area contributed by atoms with Crippen LogP contribution < -0.4 is 10.1 Å². The van der Waals surface area contributed by atoms with Gasteiger partial charge in [0.1, 0.15) is 12.4 Å². The highest BCUT2D eigenvalue weighted by Gasteiger charge is 2.09. The van der Waals surface area contributed by atoms with Crippen molar-refractivity contribution in [3.63, 3.8) is 0 Å². The fourth-order valence-corrected chi connectivity index (χ4v) is 3.71. The number of nitrogens with zero attached hydrogens (tertiary/aromatic N) is 1. The van der Waals surface area contributed by atoms with Crippen molar-refractivity contribution in [2.45, 2.75) is 19.6 Å². The molecule has 27 heavy (non-hydrogen) atoms. The van der Waals surface area contributed by atoms with Gasteiger partial charge < -0.3 is 14.8 Å². The molecule has 1 heterocycles. The van der Waals surface area contributed by atoms with Crippen LogP contribution in [0.1, 0.15) is 17.5 Å². The van der Waals surface area contributed by atoms with Gasteiger partial charge in [0.05, 0.1) is 13.2 Å². The summed E-state index contributed by atoms with van der Waals surface area (Å²) in [6.45, 7) is 7.21. The Balaban J connectivity index is 1.46. The monoisotopic (exact) mass is 452 g/mol. The van der Waals surface area contributed by atoms with Crippen molar-refractivity contribution in [1.29, 1.82) is 0 Å². The van der Waals surface area contributed by atoms with E-state index in [1.54, 1.807) is 0 Å². The van der Waals surface area contributed by atoms with Gasteiger partial charge in [-0.1, -0.05) is 39.7 Å². The predicted octanol–water partition coefficient (Wildman–Crippen LogP) is 4.49. The maximum Gasteiger partial charge on any atom is 0.124 e. The number of nitrogens with one attached hydrogen (secondary N) is 1. The molecule has 4 nitrogen and oxygen atoms in total. The highest BCUT2D eigenvalue weighted by atomic mass is 79.9. The molecule has 6 heteroatoms. The van der Waals surface area contributed by atoms with Crippen molar-refractivity contribution >= 4 is 27.5 Å². The summed E-state index contributed by atoms with van der Waals surface area (Å²) in [6, 6.07) is 13.9. The number of benzene rings is 2. The minimum atomic E-state index is 0.506. The molecule has 1 aliphatic rings. The molecule has 0 spiro atoms. The number of hydrogen-bond donors (Lipinski definition) is 1. The molecule has 0 aromatic heterocycles. The maximum atomic E-state index is 6.05. The number of halogens is 2. The van der Waals surface area contributed by atoms with Gasteiger partial charge in [-0.3, -0.25) is 4.90 Å². The van der Waals surface area contributed by atoms with Crippen LogP contribution in [0.25, 0.3) is 0 Å². The summed E-state index contributed by atoms with van der Waals surface area (Å²) < 4.78 is 12.5. The van der Waals surface area contributed by atoms with Crippen molar-refractivity contribution in [3.05, 3.63) is 63.1 Å². The maximum absolute atomic E-state index is 6.05. The van der Waals surface area contributed by atoms with Crippen LogP contribution in [0.3, 0.4) is 0 Å². The van der Waals surface area contributed by atoms with Crippen LogP contribution in [0.15, 0.2) is 46.9 Å². The standard InChI is InChI=1S/C21H26BrClN2O2/c22-19-5-6-21(27-16-17-3-1-4-20(23)13-17)18(14-19)15-24-7-2-8-25-9-11-26-12-10-25/h1,3-6,13-14,24H,2,7-12,15-16H2. The number of ether oxygens (including phenoxy) is 2. The first-order valence-corrected chi connectivity index (χ1v) is 10.5. The smallest absolute Gasteiger partial charge is 0.124 e. The normalized spacial score (nSPS) is 15.0. The molecule has 0 aliphatic carbocycles. The lowest BCUT2D eigenvalue weighted by Crippen LogP contribution is -2.37. The van der Waals surface area contributed by atoms with Crippen molar-refractivity contribution < 1.29 is 9.47 Å². The first-order valence-electron chi connectivity index (χ1n) is 9.37. The summed E-state index contributed by atoms with van der Waals surface area (Å²) in [6.07, 6.45) is 1.13. The molecule has 0 unspecified atom stereocenters. The third kappa shape index (κ3) is 7.09. The lowest BCUT2D eigenvalue weighted by molar-refractivity contribution is 0.0374. The Morgan fingerprint density at radius 3 is 2.81 bits per heavy atom. The second-order valence-electron chi connectivity index (χ2n) is 6.65. The van der Waals surface area contributed by atoms with E-state index in [0.717, 1.165) is 78.7 Å². The first kappa shape index (κ1) is 20.6. The van der Waals surface area contributed by atoms with E-state index in [9.17, 15) is 0 Å². The fraction of sp³-hybridized carbons (Fsp3) is 0.429. The van der Waals surface area contributed by atoms with Crippen molar-refractivity contribution in [2.24, 2.45) is 0 Å². The fourth-order valence-electron chi connectivity index (χ4n) is 3.09. The van der Waals surface area contributed by atoms with Crippen LogP contribution in [0, 0.1) is 0 Å². The molecule has 1 fully saturated rings. The molecule has 3 rings (SSSR count). The van der Waals surface area contributed by atoms with E-state index in [1.807, 2.05) is 36.4 Å². The zero-order valence-electron chi connectivity index (χ0n) is 15.4. The van der Waals surface area contributed by atoms with Crippen molar-refractivity contribution in [2.75, 3.05) is 39.4 Å². The Bertz CT molecular complexity index is 723. The predicted molar refractivity (Wildman–Crippen MR) is 114 cm³/mol. The molecule has 0 amide bonds. The topological polar surface area (TPSA) is 33.7 Å². The largest absolute Gasteiger partial charge is 0.489 e. The van der Waals surface area contributed by atoms with Gasteiger partial charge in [0.25, 0.3) is 0 Å². The lowest BCUT2D eigenvalue weighted by Gasteiger charge is -2.26. The van der Waals surface area contributed by atoms with Crippen LogP contribution in [0.5, 0.6) is 5.75 Å². The van der Waals surface area contributed by atoms with Crippen molar-refractivity contribution in [1.82, 2.24) is 10.2 Å². The van der Waals surface area contributed by atoms with Crippen molar-refractivity contribution in [3.8, 4) is 5.75 Å². The molecule has 1 saturated heterocycles. The summed E-state index contributed by atoms with van der Waals surface area (Å²) in [4.78, 5) is 2.46. The van der Waals surface area contributed by atoms with E-state index in [-0.39, 0.29) is 0 Å². The summed E-state index contributed by atoms with van der Waals surface area (Å²) in [7, 11) is 0. The Hall–Kier alpha value is -1.11. The molecule has 0 radical (unpaired) electrons. The van der Waals surface area contributed by atoms with E-state index in [4.69, 9.17) is 21.1 Å². The van der Waals surface area contributed by atoms with E-state index >= 15 is 0 Å². The number of hydrogen-bond acceptors (Lipinski definition) is 4. The quantitative estimate of drug-likeness (QED) is 0.567. The van der Waals surface area contributed by atoms with Crippen LogP contribution >= 0.6 is 27.5 Å². The molecule has 2 aromatic carbocycles. The molecule has 1 aliphatic heterocycles. The highest BCUT2D eigenvalue weighted by molar-refractivity contribution is 9.10. The number of rotatable bonds is 9. The van der Waals surface area contributed by atoms with Gasteiger partial charge in [-0.05, 0) is 55.4 Å². The molecule has 0 atom stereocenters. The second-order valence-corrected chi connectivity index (χ2v) is 8.01. The summed E-state index contributed by atoms with van der Waals surface area (Å²) in [5, 5.41) is 4.27. The van der Waals surface area contributed by atoms with Crippen LogP contribution in [-0.2, 0) is 17.9 Å². The summed E-state index contributed by atoms with van der Waals surface area (Å²) in [5.74, 6) is 0.902. The first-order chi connectivity index (χ1) is 13.2. The number of morpholine rings is 1. The minimum Gasteiger partial charge on any atom is -0.489 e. The van der Waals surface area contributed by atoms with Crippen LogP contribution in [-0.4, -0.2) is 44.3 Å². The van der Waals surface area contributed by atoms with Gasteiger partial charge >= 0.3 is 0 Å². The van der Waals surface area contributed by atoms with E-state index in [0.29, 0.717) is 6.61 Å². The molecule has 1 N–H and O–H groups in total. The molecular weight excluding hydrogens is 428 g/mol. The van der Waals surface area contributed by atoms with Gasteiger partial charge in [0, 0.05) is 34.7 Å². The average Bonchev–Trinajstić information content (AvgIpc) is 2.68. The third-order valence-corrected chi connectivity index (χ3v) is 5.28. The van der Waals surface area contributed by atoms with E-state index in [2.05, 4.69) is 32.2 Å². The van der Waals surface area contributed by atoms with Crippen LogP contribution in [0.2, 0.25) is 5.02 Å². The van der Waals surface area contributed by atoms with Gasteiger partial charge in [0.15, 0.2) is 0 Å². The summed E-state index contributed by atoms with van der Waals surface area (Å²) >= 11 is 9.61. The Morgan fingerprint density at radius 2 is 2.00 bits per heavy atom. The van der Waals surface area contributed by atoms with Gasteiger partial charge in [-0.2, -0.15) is 0 Å². The molecular formula is C21H26BrClN2O2. The SMILES string of the molecule is Clc1cccc(COc2ccc(Br)cc2CNCCCN2CCOCC2)c1. The minimum absolute atomic E-state index is 0.506. The lowest BCUT2D eigenvalue weighted by atomic mass is 10.2. The molecule has 146 valence electrons. The van der Waals surface area contributed by atoms with Gasteiger partial charge in [0.2, 0.25) is 0 Å². The molecule has 2 aromatic rings. The van der Waals surface area contributed by atoms with E-state index < -0.39 is 0 Å². The summed E-state index contributed by atoms with van der Waals surface area (Å²) in [5.41, 5.74) is 2.22. The highest BCUT2D eigenvalue weighted by Crippen LogP contribution is 2.24. The second kappa shape index (κ2) is 11.0. The van der Waals surface area contributed by atoms with Gasteiger partial charge in [-0.15, -0.1) is 0 Å². The van der Waals surface area contributed by atoms with Crippen LogP contribution in [0.4, 0.5) is 0 Å². The Kier molecular flexibility index (Phi) is 8.42.